The predicted octanol–water partition coefficient (Wildman–Crippen LogP) is 2.94. The van der Waals surface area contributed by atoms with Gasteiger partial charge in [-0.3, -0.25) is 0 Å². The van der Waals surface area contributed by atoms with Gasteiger partial charge < -0.3 is 15.5 Å². The lowest BCUT2D eigenvalue weighted by Gasteiger charge is -2.27. The third-order valence-electron chi connectivity index (χ3n) is 4.23. The molecular weight excluding hydrogens is 250 g/mol. The van der Waals surface area contributed by atoms with Crippen molar-refractivity contribution in [2.75, 3.05) is 0 Å². The van der Waals surface area contributed by atoms with E-state index in [1.54, 1.807) is 6.07 Å². The maximum Gasteiger partial charge on any atom is 0.120 e. The highest BCUT2D eigenvalue weighted by molar-refractivity contribution is 5.87. The van der Waals surface area contributed by atoms with Gasteiger partial charge in [-0.05, 0) is 42.5 Å². The van der Waals surface area contributed by atoms with Gasteiger partial charge in [-0.15, -0.1) is 0 Å². The Morgan fingerprint density at radius 2 is 1.95 bits per heavy atom. The fourth-order valence-corrected chi connectivity index (χ4v) is 3.11. The minimum atomic E-state index is -0.178. The Morgan fingerprint density at radius 3 is 2.80 bits per heavy atom. The smallest absolute Gasteiger partial charge is 0.120 e. The molecule has 3 heteroatoms. The van der Waals surface area contributed by atoms with Gasteiger partial charge in [0, 0.05) is 18.2 Å². The van der Waals surface area contributed by atoms with Crippen molar-refractivity contribution >= 4 is 10.8 Å². The van der Waals surface area contributed by atoms with Gasteiger partial charge in [0.25, 0.3) is 0 Å². The van der Waals surface area contributed by atoms with E-state index in [2.05, 4.69) is 11.4 Å². The van der Waals surface area contributed by atoms with E-state index in [0.29, 0.717) is 18.3 Å². The van der Waals surface area contributed by atoms with Crippen LogP contribution in [0.2, 0.25) is 0 Å². The summed E-state index contributed by atoms with van der Waals surface area (Å²) in [4.78, 5) is 0. The molecule has 0 spiro atoms. The fourth-order valence-electron chi connectivity index (χ4n) is 3.11. The number of aliphatic hydroxyl groups is 1. The highest BCUT2D eigenvalue weighted by Crippen LogP contribution is 2.27. The van der Waals surface area contributed by atoms with E-state index in [0.717, 1.165) is 42.0 Å². The molecule has 1 aliphatic rings. The molecule has 2 atom stereocenters. The number of phenols is 1. The van der Waals surface area contributed by atoms with Crippen molar-refractivity contribution in [2.24, 2.45) is 0 Å². The van der Waals surface area contributed by atoms with Crippen molar-refractivity contribution in [3.05, 3.63) is 42.0 Å². The lowest BCUT2D eigenvalue weighted by atomic mass is 9.92. The van der Waals surface area contributed by atoms with Crippen LogP contribution in [0.5, 0.6) is 5.75 Å². The maximum atomic E-state index is 10.1. The predicted molar refractivity (Wildman–Crippen MR) is 80.7 cm³/mol. The van der Waals surface area contributed by atoms with E-state index < -0.39 is 0 Å². The Labute approximate surface area is 119 Å². The van der Waals surface area contributed by atoms with Crippen molar-refractivity contribution in [1.29, 1.82) is 0 Å². The zero-order chi connectivity index (χ0) is 13.9. The van der Waals surface area contributed by atoms with Gasteiger partial charge in [0.05, 0.1) is 6.10 Å². The Hall–Kier alpha value is -1.58. The van der Waals surface area contributed by atoms with E-state index >= 15 is 0 Å². The molecule has 1 fully saturated rings. The summed E-state index contributed by atoms with van der Waals surface area (Å²) >= 11 is 0. The number of aliphatic hydroxyl groups excluding tert-OH is 1. The van der Waals surface area contributed by atoms with Crippen LogP contribution in [0, 0.1) is 0 Å². The molecule has 0 saturated heterocycles. The van der Waals surface area contributed by atoms with Gasteiger partial charge in [0.2, 0.25) is 0 Å². The Morgan fingerprint density at radius 1 is 1.10 bits per heavy atom. The molecule has 0 bridgehead atoms. The fraction of sp³-hybridized carbons (Fsp3) is 0.412. The molecule has 0 heterocycles. The second kappa shape index (κ2) is 5.81. The molecule has 0 amide bonds. The normalized spacial score (nSPS) is 23.1. The number of aromatic hydroxyl groups is 1. The molecule has 2 aromatic carbocycles. The van der Waals surface area contributed by atoms with Crippen molar-refractivity contribution in [3.8, 4) is 5.75 Å². The van der Waals surface area contributed by atoms with Gasteiger partial charge in [-0.25, -0.2) is 0 Å². The zero-order valence-electron chi connectivity index (χ0n) is 11.5. The molecule has 1 saturated carbocycles. The molecule has 106 valence electrons. The number of hydrogen-bond donors (Lipinski definition) is 3. The lowest BCUT2D eigenvalue weighted by molar-refractivity contribution is 0.111. The Kier molecular flexibility index (Phi) is 3.90. The molecule has 1 aliphatic carbocycles. The second-order valence-corrected chi connectivity index (χ2v) is 5.68. The summed E-state index contributed by atoms with van der Waals surface area (Å²) in [6.07, 6.45) is 3.72. The van der Waals surface area contributed by atoms with E-state index in [-0.39, 0.29) is 6.10 Å². The first-order valence-corrected chi connectivity index (χ1v) is 7.35. The molecule has 2 unspecified atom stereocenters. The van der Waals surface area contributed by atoms with Crippen LogP contribution >= 0.6 is 0 Å². The summed E-state index contributed by atoms with van der Waals surface area (Å²) in [6.45, 7) is 0.643. The molecule has 2 aromatic rings. The molecule has 0 aliphatic heterocycles. The molecule has 3 N–H and O–H groups in total. The molecular formula is C17H21NO2. The average molecular weight is 271 g/mol. The van der Waals surface area contributed by atoms with Crippen LogP contribution in [0.4, 0.5) is 0 Å². The Bertz CT molecular complexity index is 597. The Balaban J connectivity index is 1.78. The molecule has 0 aromatic heterocycles. The van der Waals surface area contributed by atoms with E-state index in [1.165, 1.54) is 0 Å². The van der Waals surface area contributed by atoms with Crippen molar-refractivity contribution < 1.29 is 10.2 Å². The standard InChI is InChI=1S/C17H21NO2/c19-14-6-3-5-13(10-14)18-11-16-15-7-2-1-4-12(15)8-9-17(16)20/h1-2,4,7-9,13-14,18-20H,3,5-6,10-11H2. The van der Waals surface area contributed by atoms with Crippen LogP contribution in [0.25, 0.3) is 10.8 Å². The lowest BCUT2D eigenvalue weighted by Crippen LogP contribution is -2.35. The van der Waals surface area contributed by atoms with E-state index in [4.69, 9.17) is 0 Å². The van der Waals surface area contributed by atoms with Crippen molar-refractivity contribution in [3.63, 3.8) is 0 Å². The van der Waals surface area contributed by atoms with Crippen LogP contribution in [-0.4, -0.2) is 22.4 Å². The highest BCUT2D eigenvalue weighted by atomic mass is 16.3. The summed E-state index contributed by atoms with van der Waals surface area (Å²) in [6, 6.07) is 12.2. The summed E-state index contributed by atoms with van der Waals surface area (Å²) in [5.74, 6) is 0.340. The van der Waals surface area contributed by atoms with Crippen LogP contribution in [-0.2, 0) is 6.54 Å². The molecule has 3 nitrogen and oxygen atoms in total. The summed E-state index contributed by atoms with van der Waals surface area (Å²) in [5, 5.41) is 25.5. The van der Waals surface area contributed by atoms with Gasteiger partial charge >= 0.3 is 0 Å². The first-order valence-electron chi connectivity index (χ1n) is 7.35. The van der Waals surface area contributed by atoms with Crippen LogP contribution in [0.15, 0.2) is 36.4 Å². The zero-order valence-corrected chi connectivity index (χ0v) is 11.5. The number of benzene rings is 2. The molecule has 20 heavy (non-hydrogen) atoms. The molecule has 3 rings (SSSR count). The van der Waals surface area contributed by atoms with E-state index in [1.807, 2.05) is 24.3 Å². The minimum absolute atomic E-state index is 0.178. The van der Waals surface area contributed by atoms with Gasteiger partial charge in [0.1, 0.15) is 5.75 Å². The van der Waals surface area contributed by atoms with Crippen LogP contribution in [0.1, 0.15) is 31.2 Å². The minimum Gasteiger partial charge on any atom is -0.508 e. The third kappa shape index (κ3) is 2.79. The largest absolute Gasteiger partial charge is 0.508 e. The molecule has 0 radical (unpaired) electrons. The van der Waals surface area contributed by atoms with Gasteiger partial charge in [-0.2, -0.15) is 0 Å². The number of hydrogen-bond acceptors (Lipinski definition) is 3. The highest BCUT2D eigenvalue weighted by Gasteiger charge is 2.20. The number of nitrogens with one attached hydrogen (secondary N) is 1. The van der Waals surface area contributed by atoms with Gasteiger partial charge in [0.15, 0.2) is 0 Å². The maximum absolute atomic E-state index is 10.1. The summed E-state index contributed by atoms with van der Waals surface area (Å²) in [5.41, 5.74) is 0.947. The van der Waals surface area contributed by atoms with E-state index in [9.17, 15) is 10.2 Å². The van der Waals surface area contributed by atoms with Gasteiger partial charge in [-0.1, -0.05) is 30.3 Å². The first kappa shape index (κ1) is 13.4. The van der Waals surface area contributed by atoms with Crippen molar-refractivity contribution in [2.45, 2.75) is 44.4 Å². The number of fused-ring (bicyclic) bond motifs is 1. The third-order valence-corrected chi connectivity index (χ3v) is 4.23. The topological polar surface area (TPSA) is 52.5 Å². The second-order valence-electron chi connectivity index (χ2n) is 5.68. The average Bonchev–Trinajstić information content (AvgIpc) is 2.46. The number of phenolic OH excluding ortho intramolecular Hbond substituents is 1. The van der Waals surface area contributed by atoms with Crippen LogP contribution in [0.3, 0.4) is 0 Å². The monoisotopic (exact) mass is 271 g/mol. The number of rotatable bonds is 3. The summed E-state index contributed by atoms with van der Waals surface area (Å²) in [7, 11) is 0. The first-order chi connectivity index (χ1) is 9.74. The summed E-state index contributed by atoms with van der Waals surface area (Å²) < 4.78 is 0. The van der Waals surface area contributed by atoms with Crippen LogP contribution < -0.4 is 5.32 Å². The van der Waals surface area contributed by atoms with Crippen molar-refractivity contribution in [1.82, 2.24) is 5.32 Å². The quantitative estimate of drug-likeness (QED) is 0.804. The SMILES string of the molecule is Oc1ccc2ccccc2c1CNC1CCCC(O)C1.